The topological polar surface area (TPSA) is 98.2 Å². The van der Waals surface area contributed by atoms with Gasteiger partial charge in [0.15, 0.2) is 4.87 Å². The number of hydrogen-bond donors (Lipinski definition) is 2. The highest BCUT2D eigenvalue weighted by atomic mass is 32.2. The highest BCUT2D eigenvalue weighted by Gasteiger charge is 2.74. The van der Waals surface area contributed by atoms with Crippen LogP contribution in [0.4, 0.5) is 5.69 Å². The lowest BCUT2D eigenvalue weighted by Gasteiger charge is -2.47. The molecule has 4 atom stereocenters. The van der Waals surface area contributed by atoms with E-state index in [-0.39, 0.29) is 11.3 Å². The Kier molecular flexibility index (Phi) is 4.99. The normalized spacial score (nSPS) is 29.2. The molecular weight excluding hydrogens is 534 g/mol. The molecule has 10 heteroatoms. The van der Waals surface area contributed by atoms with E-state index in [2.05, 4.69) is 6.08 Å². The molecule has 0 radical (unpaired) electrons. The smallest absolute Gasteiger partial charge is 0.275 e. The van der Waals surface area contributed by atoms with Crippen molar-refractivity contribution in [1.29, 1.82) is 0 Å². The number of rotatable bonds is 3. The summed E-state index contributed by atoms with van der Waals surface area (Å²) >= 11 is 4.85. The molecule has 1 aliphatic carbocycles. The number of benzene rings is 3. The molecule has 2 saturated heterocycles. The molecule has 0 unspecified atom stereocenters. The molecule has 7 rings (SSSR count). The van der Waals surface area contributed by atoms with Crippen molar-refractivity contribution in [1.82, 2.24) is 9.80 Å². The second-order valence-electron chi connectivity index (χ2n) is 10.4. The summed E-state index contributed by atoms with van der Waals surface area (Å²) in [5, 5.41) is 10.8. The van der Waals surface area contributed by atoms with Crippen molar-refractivity contribution in [3.8, 4) is 0 Å². The van der Waals surface area contributed by atoms with Crippen molar-refractivity contribution in [3.63, 3.8) is 0 Å². The molecule has 198 valence electrons. The maximum absolute atomic E-state index is 14.4. The molecule has 3 aliphatic heterocycles. The van der Waals surface area contributed by atoms with E-state index >= 15 is 0 Å². The number of fused-ring (bicyclic) bond motifs is 6. The first-order valence-corrected chi connectivity index (χ1v) is 14.5. The highest BCUT2D eigenvalue weighted by molar-refractivity contribution is 7.93. The number of thiol groups is 1. The number of carbonyl (C=O) groups is 2. The van der Waals surface area contributed by atoms with Crippen LogP contribution in [0.2, 0.25) is 0 Å². The summed E-state index contributed by atoms with van der Waals surface area (Å²) in [4.78, 5) is 28.2. The third-order valence-electron chi connectivity index (χ3n) is 8.56. The zero-order valence-electron chi connectivity index (χ0n) is 20.9. The Balaban J connectivity index is 1.57. The number of aliphatic hydroxyl groups excluding tert-OH is 1. The fourth-order valence-corrected chi connectivity index (χ4v) is 9.22. The summed E-state index contributed by atoms with van der Waals surface area (Å²) < 4.78 is 30.1. The van der Waals surface area contributed by atoms with Gasteiger partial charge in [-0.3, -0.25) is 14.5 Å². The molecule has 3 heterocycles. The van der Waals surface area contributed by atoms with Crippen LogP contribution in [0.15, 0.2) is 89.8 Å². The predicted octanol–water partition coefficient (Wildman–Crippen LogP) is 2.75. The Bertz CT molecular complexity index is 1710. The number of hydrogen-bond acceptors (Lipinski definition) is 6. The zero-order valence-corrected chi connectivity index (χ0v) is 22.6. The van der Waals surface area contributed by atoms with Crippen molar-refractivity contribution in [3.05, 3.63) is 102 Å². The molecule has 0 saturated carbocycles. The molecule has 0 aromatic heterocycles. The fraction of sp³-hybridized carbons (Fsp3) is 0.241. The number of piperazine rings is 1. The highest BCUT2D eigenvalue weighted by Crippen LogP contribution is 2.66. The molecule has 2 amide bonds. The standard InChI is InChI=1S/C29H25N3O5S2/c1-30-24(33)25(34)31-26-28(17-29(31,38)27(30)35,21-16-15-18-9-5-6-12-20(18)21)22-13-7-8-14-23(22)32(26)39(36,37)19-10-3-2-4-11-19/h2-14,16,24,26,33,38H,15,17H2,1H3/t24-,26+,28+,29+/m1/s1. The number of nitrogens with zero attached hydrogens (tertiary/aromatic N) is 3. The van der Waals surface area contributed by atoms with Crippen LogP contribution >= 0.6 is 12.6 Å². The van der Waals surface area contributed by atoms with Gasteiger partial charge in [-0.05, 0) is 46.9 Å². The minimum Gasteiger partial charge on any atom is -0.365 e. The molecule has 39 heavy (non-hydrogen) atoms. The van der Waals surface area contributed by atoms with Crippen molar-refractivity contribution in [2.24, 2.45) is 0 Å². The molecule has 3 aromatic carbocycles. The lowest BCUT2D eigenvalue weighted by molar-refractivity contribution is -0.175. The summed E-state index contributed by atoms with van der Waals surface area (Å²) in [6.07, 6.45) is -0.193. The van der Waals surface area contributed by atoms with E-state index in [1.54, 1.807) is 30.3 Å². The quantitative estimate of drug-likeness (QED) is 0.481. The van der Waals surface area contributed by atoms with Gasteiger partial charge in [-0.15, -0.1) is 12.6 Å². The first-order valence-electron chi connectivity index (χ1n) is 12.6. The van der Waals surface area contributed by atoms with Gasteiger partial charge in [-0.2, -0.15) is 0 Å². The van der Waals surface area contributed by atoms with Crippen LogP contribution in [0.3, 0.4) is 0 Å². The Morgan fingerprint density at radius 2 is 1.62 bits per heavy atom. The van der Waals surface area contributed by atoms with Crippen LogP contribution in [0.1, 0.15) is 23.1 Å². The summed E-state index contributed by atoms with van der Waals surface area (Å²) in [7, 11) is -2.87. The molecule has 3 aromatic rings. The number of para-hydroxylation sites is 1. The predicted molar refractivity (Wildman–Crippen MR) is 148 cm³/mol. The molecule has 8 nitrogen and oxygen atoms in total. The van der Waals surface area contributed by atoms with E-state index in [1.165, 1.54) is 28.4 Å². The van der Waals surface area contributed by atoms with Crippen LogP contribution in [0.5, 0.6) is 0 Å². The van der Waals surface area contributed by atoms with Crippen molar-refractivity contribution >= 4 is 45.7 Å². The third kappa shape index (κ3) is 2.91. The van der Waals surface area contributed by atoms with Gasteiger partial charge in [0, 0.05) is 13.5 Å². The third-order valence-corrected chi connectivity index (χ3v) is 10.9. The van der Waals surface area contributed by atoms with Gasteiger partial charge >= 0.3 is 0 Å². The number of anilines is 1. The maximum Gasteiger partial charge on any atom is 0.275 e. The van der Waals surface area contributed by atoms with Gasteiger partial charge in [-0.25, -0.2) is 12.7 Å². The molecular formula is C29H25N3O5S2. The zero-order chi connectivity index (χ0) is 27.3. The van der Waals surface area contributed by atoms with E-state index < -0.39 is 44.5 Å². The monoisotopic (exact) mass is 559 g/mol. The average Bonchev–Trinajstić information content (AvgIpc) is 3.58. The Morgan fingerprint density at radius 3 is 2.38 bits per heavy atom. The van der Waals surface area contributed by atoms with Gasteiger partial charge in [0.25, 0.3) is 21.8 Å². The first-order chi connectivity index (χ1) is 18.6. The summed E-state index contributed by atoms with van der Waals surface area (Å²) in [6, 6.07) is 23.1. The van der Waals surface area contributed by atoms with Crippen LogP contribution in [0.25, 0.3) is 5.57 Å². The fourth-order valence-electron chi connectivity index (χ4n) is 6.92. The van der Waals surface area contributed by atoms with Crippen LogP contribution in [0, 0.1) is 0 Å². The Labute approximate surface area is 231 Å². The number of allylic oxidation sites excluding steroid dienone is 1. The van der Waals surface area contributed by atoms with E-state index in [9.17, 15) is 23.1 Å². The van der Waals surface area contributed by atoms with Crippen LogP contribution < -0.4 is 4.31 Å². The second kappa shape index (κ2) is 7.97. The van der Waals surface area contributed by atoms with Crippen molar-refractivity contribution in [2.45, 2.75) is 40.4 Å². The van der Waals surface area contributed by atoms with Gasteiger partial charge in [-0.1, -0.05) is 66.7 Å². The SMILES string of the molecule is CN1C(=O)[C@@]2(S)C[C@]3(C4=CCc5ccccc54)c4ccccc4N(S(=O)(=O)c4ccccc4)[C@@H]3N2C(=O)[C@H]1O. The largest absolute Gasteiger partial charge is 0.365 e. The lowest BCUT2D eigenvalue weighted by Crippen LogP contribution is -2.70. The van der Waals surface area contributed by atoms with E-state index in [4.69, 9.17) is 12.6 Å². The van der Waals surface area contributed by atoms with Crippen molar-refractivity contribution < 1.29 is 23.1 Å². The van der Waals surface area contributed by atoms with Gasteiger partial charge in [0.2, 0.25) is 6.23 Å². The summed E-state index contributed by atoms with van der Waals surface area (Å²) in [5.41, 5.74) is 2.88. The first kappa shape index (κ1) is 24.4. The van der Waals surface area contributed by atoms with Gasteiger partial charge in [0.1, 0.15) is 6.17 Å². The minimum absolute atomic E-state index is 0.0351. The number of likely N-dealkylation sites (N-methyl/N-ethyl adjacent to an activating group) is 1. The molecule has 0 spiro atoms. The number of aliphatic hydroxyl groups is 1. The molecule has 0 bridgehead atoms. The Hall–Kier alpha value is -3.60. The second-order valence-corrected chi connectivity index (χ2v) is 13.0. The molecule has 1 N–H and O–H groups in total. The van der Waals surface area contributed by atoms with E-state index in [1.807, 2.05) is 36.4 Å². The Morgan fingerprint density at radius 1 is 0.949 bits per heavy atom. The van der Waals surface area contributed by atoms with Gasteiger partial charge in [0.05, 0.1) is 16.0 Å². The summed E-state index contributed by atoms with van der Waals surface area (Å²) in [6.45, 7) is 0. The molecule has 2 fully saturated rings. The molecule has 4 aliphatic rings. The van der Waals surface area contributed by atoms with Gasteiger partial charge < -0.3 is 10.0 Å². The minimum atomic E-state index is -4.23. The summed E-state index contributed by atoms with van der Waals surface area (Å²) in [5.74, 6) is -1.33. The number of carbonyl (C=O) groups excluding carboxylic acids is 2. The van der Waals surface area contributed by atoms with E-state index in [0.29, 0.717) is 17.7 Å². The number of amides is 2. The lowest BCUT2D eigenvalue weighted by atomic mass is 9.70. The average molecular weight is 560 g/mol. The van der Waals surface area contributed by atoms with Crippen molar-refractivity contribution in [2.75, 3.05) is 11.4 Å². The maximum atomic E-state index is 14.4. The number of sulfonamides is 1. The van der Waals surface area contributed by atoms with Crippen LogP contribution in [-0.4, -0.2) is 59.5 Å². The van der Waals surface area contributed by atoms with E-state index in [0.717, 1.165) is 21.6 Å². The van der Waals surface area contributed by atoms with Crippen LogP contribution in [-0.2, 0) is 31.4 Å².